The number of nitrogens with zero attached hydrogens (tertiary/aromatic N) is 1. The molecule has 326 valence electrons. The fourth-order valence-electron chi connectivity index (χ4n) is 6.70. The predicted octanol–water partition coefficient (Wildman–Crippen LogP) is 12.9. The van der Waals surface area contributed by atoms with E-state index in [0.29, 0.717) is 17.4 Å². The number of carbonyl (C=O) groups is 1. The van der Waals surface area contributed by atoms with Gasteiger partial charge >= 0.3 is 7.82 Å². The number of allylic oxidation sites excluding steroid dienone is 3. The maximum atomic E-state index is 12.6. The highest BCUT2D eigenvalue weighted by Crippen LogP contribution is 2.43. The summed E-state index contributed by atoms with van der Waals surface area (Å²) in [7, 11) is 1.55. The molecule has 0 saturated carbocycles. The number of hydrogen-bond donors (Lipinski definition) is 3. The maximum Gasteiger partial charge on any atom is 0.472 e. The summed E-state index contributed by atoms with van der Waals surface area (Å²) in [6, 6.07) is -0.855. The average molecular weight is 800 g/mol. The first kappa shape index (κ1) is 54.0. The van der Waals surface area contributed by atoms with Crippen LogP contribution in [-0.4, -0.2) is 73.4 Å². The monoisotopic (exact) mass is 800 g/mol. The Morgan fingerprint density at radius 1 is 0.600 bits per heavy atom. The molecule has 0 rings (SSSR count). The van der Waals surface area contributed by atoms with Crippen LogP contribution in [0.1, 0.15) is 213 Å². The van der Waals surface area contributed by atoms with Crippen LogP contribution in [0.4, 0.5) is 0 Å². The number of aliphatic hydroxyl groups is 1. The normalized spacial score (nSPS) is 14.5. The molecule has 8 nitrogen and oxygen atoms in total. The Morgan fingerprint density at radius 3 is 1.45 bits per heavy atom. The topological polar surface area (TPSA) is 105 Å². The fourth-order valence-corrected chi connectivity index (χ4v) is 7.44. The molecule has 3 atom stereocenters. The van der Waals surface area contributed by atoms with Gasteiger partial charge in [-0.1, -0.05) is 199 Å². The number of phosphoric ester groups is 1. The summed E-state index contributed by atoms with van der Waals surface area (Å²) >= 11 is 0. The van der Waals surface area contributed by atoms with Gasteiger partial charge in [-0.25, -0.2) is 4.57 Å². The van der Waals surface area contributed by atoms with Crippen molar-refractivity contribution >= 4 is 13.7 Å². The summed E-state index contributed by atoms with van der Waals surface area (Å²) in [6.45, 7) is 4.67. The van der Waals surface area contributed by atoms with Crippen LogP contribution in [-0.2, 0) is 18.4 Å². The minimum Gasteiger partial charge on any atom is -0.387 e. The van der Waals surface area contributed by atoms with E-state index in [-0.39, 0.29) is 19.1 Å². The van der Waals surface area contributed by atoms with Gasteiger partial charge in [0.05, 0.1) is 39.9 Å². The second-order valence-electron chi connectivity index (χ2n) is 17.1. The van der Waals surface area contributed by atoms with Crippen molar-refractivity contribution < 1.29 is 32.9 Å². The molecule has 0 aromatic carbocycles. The molecule has 0 aliphatic rings. The number of nitrogens with one attached hydrogen (secondary N) is 1. The number of quaternary nitrogens is 1. The predicted molar refractivity (Wildman–Crippen MR) is 235 cm³/mol. The van der Waals surface area contributed by atoms with E-state index in [1.54, 1.807) is 6.08 Å². The van der Waals surface area contributed by atoms with Crippen molar-refractivity contribution in [2.24, 2.45) is 0 Å². The van der Waals surface area contributed by atoms with Crippen LogP contribution < -0.4 is 5.32 Å². The van der Waals surface area contributed by atoms with Crippen molar-refractivity contribution in [1.29, 1.82) is 0 Å². The van der Waals surface area contributed by atoms with E-state index < -0.39 is 20.0 Å². The third-order valence-corrected chi connectivity index (χ3v) is 11.4. The molecule has 3 N–H and O–H groups in total. The summed E-state index contributed by atoms with van der Waals surface area (Å²) in [6.07, 6.45) is 46.3. The smallest absolute Gasteiger partial charge is 0.387 e. The lowest BCUT2D eigenvalue weighted by atomic mass is 10.0. The minimum absolute atomic E-state index is 0.0569. The molecule has 0 bridgehead atoms. The molecule has 0 radical (unpaired) electrons. The number of carbonyl (C=O) groups excluding carboxylic acids is 1. The van der Waals surface area contributed by atoms with Crippen LogP contribution in [0.5, 0.6) is 0 Å². The molecule has 0 spiro atoms. The molecule has 0 aliphatic carbocycles. The van der Waals surface area contributed by atoms with Gasteiger partial charge < -0.3 is 19.8 Å². The van der Waals surface area contributed by atoms with E-state index in [1.807, 2.05) is 27.2 Å². The second-order valence-corrected chi connectivity index (χ2v) is 18.6. The Hall–Kier alpha value is -1.02. The van der Waals surface area contributed by atoms with Gasteiger partial charge in [0.25, 0.3) is 0 Å². The van der Waals surface area contributed by atoms with Crippen molar-refractivity contribution in [1.82, 2.24) is 5.32 Å². The van der Waals surface area contributed by atoms with Gasteiger partial charge in [0.15, 0.2) is 0 Å². The standard InChI is InChI=1S/C46H91N2O6P/c1-6-8-10-12-13-14-15-16-17-18-19-20-21-22-23-24-25-26-27-28-29-30-31-32-33-34-35-36-37-39-45(49)44(47-46(50)40-38-11-9-7-2)43-54-55(51,52)53-42-41-48(3,4)5/h33-34,37,39,44-45,49H,6-32,35-36,38,40-43H2,1-5H3,(H-,47,50,51,52)/p+1/b34-33+,39-37+. The quantitative estimate of drug-likeness (QED) is 0.0246. The van der Waals surface area contributed by atoms with E-state index in [1.165, 1.54) is 148 Å². The molecule has 0 aromatic heterocycles. The number of aliphatic hydroxyl groups excluding tert-OH is 1. The van der Waals surface area contributed by atoms with Gasteiger partial charge in [-0.2, -0.15) is 0 Å². The van der Waals surface area contributed by atoms with E-state index >= 15 is 0 Å². The van der Waals surface area contributed by atoms with Crippen molar-refractivity contribution in [2.45, 2.75) is 225 Å². The zero-order valence-electron chi connectivity index (χ0n) is 36.9. The highest BCUT2D eigenvalue weighted by molar-refractivity contribution is 7.47. The van der Waals surface area contributed by atoms with E-state index in [2.05, 4.69) is 31.3 Å². The van der Waals surface area contributed by atoms with Gasteiger partial charge in [-0.3, -0.25) is 13.8 Å². The lowest BCUT2D eigenvalue weighted by Gasteiger charge is -2.25. The molecule has 0 saturated heterocycles. The first-order chi connectivity index (χ1) is 26.5. The van der Waals surface area contributed by atoms with E-state index in [4.69, 9.17) is 9.05 Å². The number of rotatable bonds is 42. The molecule has 0 aliphatic heterocycles. The molecule has 55 heavy (non-hydrogen) atoms. The molecule has 0 aromatic rings. The number of phosphoric acid groups is 1. The van der Waals surface area contributed by atoms with Crippen LogP contribution >= 0.6 is 7.82 Å². The average Bonchev–Trinajstić information content (AvgIpc) is 3.13. The first-order valence-electron chi connectivity index (χ1n) is 23.2. The summed E-state index contributed by atoms with van der Waals surface area (Å²) in [5.74, 6) is -0.204. The number of hydrogen-bond acceptors (Lipinski definition) is 5. The number of amides is 1. The molecule has 0 heterocycles. The molecule has 9 heteroatoms. The minimum atomic E-state index is -4.33. The molecular weight excluding hydrogens is 707 g/mol. The molecule has 3 unspecified atom stereocenters. The summed E-state index contributed by atoms with van der Waals surface area (Å²) in [4.78, 5) is 22.7. The Kier molecular flexibility index (Phi) is 37.8. The number of unbranched alkanes of at least 4 members (excludes halogenated alkanes) is 27. The highest BCUT2D eigenvalue weighted by atomic mass is 31.2. The number of likely N-dealkylation sites (N-methyl/N-ethyl adjacent to an activating group) is 1. The Balaban J connectivity index is 3.96. The third-order valence-electron chi connectivity index (χ3n) is 10.4. The van der Waals surface area contributed by atoms with Crippen LogP contribution in [0.2, 0.25) is 0 Å². The van der Waals surface area contributed by atoms with Crippen LogP contribution in [0.15, 0.2) is 24.3 Å². The highest BCUT2D eigenvalue weighted by Gasteiger charge is 2.27. The maximum absolute atomic E-state index is 12.6. The zero-order valence-corrected chi connectivity index (χ0v) is 37.8. The summed E-state index contributed by atoms with van der Waals surface area (Å²) < 4.78 is 23.3. The first-order valence-corrected chi connectivity index (χ1v) is 24.7. The molecular formula is C46H92N2O6P+. The zero-order chi connectivity index (χ0) is 40.7. The van der Waals surface area contributed by atoms with Crippen LogP contribution in [0.3, 0.4) is 0 Å². The molecule has 1 amide bonds. The van der Waals surface area contributed by atoms with Crippen molar-refractivity contribution in [3.8, 4) is 0 Å². The van der Waals surface area contributed by atoms with Crippen molar-refractivity contribution in [3.05, 3.63) is 24.3 Å². The van der Waals surface area contributed by atoms with Gasteiger partial charge in [-0.05, 0) is 32.1 Å². The van der Waals surface area contributed by atoms with Gasteiger partial charge in [0, 0.05) is 6.42 Å². The third kappa shape index (κ3) is 41.0. The Bertz CT molecular complexity index is 953. The van der Waals surface area contributed by atoms with E-state index in [0.717, 1.165) is 44.9 Å². The van der Waals surface area contributed by atoms with Crippen LogP contribution in [0, 0.1) is 0 Å². The second kappa shape index (κ2) is 38.5. The largest absolute Gasteiger partial charge is 0.472 e. The Labute approximate surface area is 341 Å². The summed E-state index contributed by atoms with van der Waals surface area (Å²) in [5, 5.41) is 13.6. The van der Waals surface area contributed by atoms with E-state index in [9.17, 15) is 19.4 Å². The van der Waals surface area contributed by atoms with Crippen molar-refractivity contribution in [3.63, 3.8) is 0 Å². The lowest BCUT2D eigenvalue weighted by Crippen LogP contribution is -2.45. The van der Waals surface area contributed by atoms with Crippen LogP contribution in [0.25, 0.3) is 0 Å². The lowest BCUT2D eigenvalue weighted by molar-refractivity contribution is -0.870. The molecule has 0 fully saturated rings. The SMILES string of the molecule is CCCCCCCCCCCCCCCCCCCCCCCCC/C=C/CC/C=C/C(O)C(COP(=O)(O)OCC[N+](C)(C)C)NC(=O)CCCCCC. The van der Waals surface area contributed by atoms with Gasteiger partial charge in [0.2, 0.25) is 5.91 Å². The summed E-state index contributed by atoms with van der Waals surface area (Å²) in [5.41, 5.74) is 0. The van der Waals surface area contributed by atoms with Crippen molar-refractivity contribution in [2.75, 3.05) is 40.9 Å². The Morgan fingerprint density at radius 2 is 1.00 bits per heavy atom. The van der Waals surface area contributed by atoms with Gasteiger partial charge in [-0.15, -0.1) is 0 Å². The fraction of sp³-hybridized carbons (Fsp3) is 0.891. The van der Waals surface area contributed by atoms with Gasteiger partial charge in [0.1, 0.15) is 13.2 Å².